The number of nitrogens with zero attached hydrogens (tertiary/aromatic N) is 2. The normalized spacial score (nSPS) is 15.3. The molecule has 1 fully saturated rings. The maximum Gasteiger partial charge on any atom is 0.251 e. The summed E-state index contributed by atoms with van der Waals surface area (Å²) in [5.41, 5.74) is 2.67. The van der Waals surface area contributed by atoms with E-state index in [1.807, 2.05) is 37.3 Å². The summed E-state index contributed by atoms with van der Waals surface area (Å²) in [5.74, 6) is 0.341. The van der Waals surface area contributed by atoms with Crippen molar-refractivity contribution >= 4 is 35.8 Å². The summed E-state index contributed by atoms with van der Waals surface area (Å²) in [6.45, 7) is 6.66. The first-order chi connectivity index (χ1) is 15.6. The average molecular weight is 569 g/mol. The molecule has 1 unspecified atom stereocenters. The molecular formula is C24H33FIN5O2. The molecule has 0 saturated carbocycles. The standard InChI is InChI=1S/C24H32FN5O2.HI/c1-3-27-23(31)20-6-4-5-18(15-20)16-28-24(26-2)29-17-22(30-11-13-32-14-12-30)19-7-9-21(25)10-8-19;/h4-10,15,22H,3,11-14,16-17H2,1-2H3,(H,27,31)(H2,26,28,29);1H. The van der Waals surface area contributed by atoms with Gasteiger partial charge >= 0.3 is 0 Å². The Morgan fingerprint density at radius 1 is 1.12 bits per heavy atom. The highest BCUT2D eigenvalue weighted by Crippen LogP contribution is 2.21. The molecule has 2 aromatic rings. The van der Waals surface area contributed by atoms with E-state index >= 15 is 0 Å². The molecule has 0 radical (unpaired) electrons. The molecule has 1 atom stereocenters. The summed E-state index contributed by atoms with van der Waals surface area (Å²) in [6.07, 6.45) is 0. The number of hydrogen-bond acceptors (Lipinski definition) is 4. The van der Waals surface area contributed by atoms with E-state index in [2.05, 4.69) is 25.8 Å². The lowest BCUT2D eigenvalue weighted by Gasteiger charge is -2.35. The number of ether oxygens (including phenoxy) is 1. The van der Waals surface area contributed by atoms with Crippen LogP contribution in [0.2, 0.25) is 0 Å². The first-order valence-electron chi connectivity index (χ1n) is 11.0. The van der Waals surface area contributed by atoms with Crippen LogP contribution >= 0.6 is 24.0 Å². The topological polar surface area (TPSA) is 78.0 Å². The smallest absolute Gasteiger partial charge is 0.251 e. The third kappa shape index (κ3) is 8.24. The van der Waals surface area contributed by atoms with Gasteiger partial charge in [-0.1, -0.05) is 24.3 Å². The largest absolute Gasteiger partial charge is 0.379 e. The monoisotopic (exact) mass is 569 g/mol. The molecule has 1 saturated heterocycles. The second kappa shape index (κ2) is 14.1. The molecule has 0 aromatic heterocycles. The summed E-state index contributed by atoms with van der Waals surface area (Å²) in [5, 5.41) is 9.51. The van der Waals surface area contributed by atoms with Gasteiger partial charge in [0.1, 0.15) is 5.82 Å². The van der Waals surface area contributed by atoms with Gasteiger partial charge < -0.3 is 20.7 Å². The van der Waals surface area contributed by atoms with E-state index in [1.165, 1.54) is 12.1 Å². The van der Waals surface area contributed by atoms with Gasteiger partial charge in [-0.05, 0) is 42.3 Å². The number of nitrogens with one attached hydrogen (secondary N) is 3. The van der Waals surface area contributed by atoms with Gasteiger partial charge in [0, 0.05) is 45.3 Å². The molecule has 3 N–H and O–H groups in total. The lowest BCUT2D eigenvalue weighted by Crippen LogP contribution is -2.46. The molecule has 1 heterocycles. The molecule has 3 rings (SSSR count). The quantitative estimate of drug-likeness (QED) is 0.259. The molecular weight excluding hydrogens is 536 g/mol. The van der Waals surface area contributed by atoms with Crippen LogP contribution in [0.25, 0.3) is 0 Å². The van der Waals surface area contributed by atoms with Crippen LogP contribution in [0.3, 0.4) is 0 Å². The first-order valence-corrected chi connectivity index (χ1v) is 11.0. The summed E-state index contributed by atoms with van der Waals surface area (Å²) in [7, 11) is 1.72. The predicted molar refractivity (Wildman–Crippen MR) is 140 cm³/mol. The highest BCUT2D eigenvalue weighted by molar-refractivity contribution is 14.0. The van der Waals surface area contributed by atoms with E-state index in [1.54, 1.807) is 13.1 Å². The Bertz CT molecular complexity index is 904. The zero-order valence-electron chi connectivity index (χ0n) is 19.1. The summed E-state index contributed by atoms with van der Waals surface area (Å²) in [6, 6.07) is 14.3. The molecule has 0 bridgehead atoms. The number of morpholine rings is 1. The lowest BCUT2D eigenvalue weighted by atomic mass is 10.0. The Kier molecular flexibility index (Phi) is 11.6. The molecule has 1 amide bonds. The van der Waals surface area contributed by atoms with Crippen molar-refractivity contribution in [3.8, 4) is 0 Å². The third-order valence-electron chi connectivity index (χ3n) is 5.41. The van der Waals surface area contributed by atoms with Crippen LogP contribution in [-0.2, 0) is 11.3 Å². The van der Waals surface area contributed by atoms with Crippen LogP contribution < -0.4 is 16.0 Å². The van der Waals surface area contributed by atoms with E-state index in [0.29, 0.717) is 44.4 Å². The van der Waals surface area contributed by atoms with Crippen molar-refractivity contribution in [1.29, 1.82) is 0 Å². The highest BCUT2D eigenvalue weighted by Gasteiger charge is 2.23. The number of carbonyl (C=O) groups excluding carboxylic acids is 1. The van der Waals surface area contributed by atoms with Crippen molar-refractivity contribution in [3.63, 3.8) is 0 Å². The SMILES string of the molecule is CCNC(=O)c1cccc(CNC(=NC)NCC(c2ccc(F)cc2)N2CCOCC2)c1.I. The Hall–Kier alpha value is -2.24. The van der Waals surface area contributed by atoms with Gasteiger partial charge in [-0.3, -0.25) is 14.7 Å². The number of rotatable bonds is 8. The molecule has 7 nitrogen and oxygen atoms in total. The fourth-order valence-electron chi connectivity index (χ4n) is 3.72. The number of aliphatic imine (C=N–C) groups is 1. The van der Waals surface area contributed by atoms with E-state index in [0.717, 1.165) is 24.2 Å². The van der Waals surface area contributed by atoms with Crippen LogP contribution in [0.15, 0.2) is 53.5 Å². The number of halogens is 2. The van der Waals surface area contributed by atoms with Gasteiger partial charge in [-0.15, -0.1) is 24.0 Å². The fraction of sp³-hybridized carbons (Fsp3) is 0.417. The van der Waals surface area contributed by atoms with Crippen molar-refractivity contribution in [2.24, 2.45) is 4.99 Å². The van der Waals surface area contributed by atoms with Crippen LogP contribution in [0, 0.1) is 5.82 Å². The Labute approximate surface area is 212 Å². The van der Waals surface area contributed by atoms with Crippen molar-refractivity contribution in [2.75, 3.05) is 46.4 Å². The van der Waals surface area contributed by atoms with E-state index in [4.69, 9.17) is 4.74 Å². The summed E-state index contributed by atoms with van der Waals surface area (Å²) < 4.78 is 18.9. The molecule has 1 aliphatic heterocycles. The number of guanidine groups is 1. The zero-order chi connectivity index (χ0) is 22.8. The summed E-state index contributed by atoms with van der Waals surface area (Å²) >= 11 is 0. The second-order valence-electron chi connectivity index (χ2n) is 7.58. The first kappa shape index (κ1) is 27.0. The van der Waals surface area contributed by atoms with Gasteiger partial charge in [0.05, 0.1) is 19.3 Å². The summed E-state index contributed by atoms with van der Waals surface area (Å²) in [4.78, 5) is 18.7. The van der Waals surface area contributed by atoms with Gasteiger partial charge in [-0.2, -0.15) is 0 Å². The highest BCUT2D eigenvalue weighted by atomic mass is 127. The minimum absolute atomic E-state index is 0. The van der Waals surface area contributed by atoms with Crippen molar-refractivity contribution in [2.45, 2.75) is 19.5 Å². The Balaban J connectivity index is 0.00000385. The lowest BCUT2D eigenvalue weighted by molar-refractivity contribution is 0.0170. The molecule has 2 aromatic carbocycles. The fourth-order valence-corrected chi connectivity index (χ4v) is 3.72. The number of hydrogen-bond donors (Lipinski definition) is 3. The maximum atomic E-state index is 13.4. The minimum Gasteiger partial charge on any atom is -0.379 e. The van der Waals surface area contributed by atoms with Crippen molar-refractivity contribution in [1.82, 2.24) is 20.9 Å². The number of carbonyl (C=O) groups is 1. The van der Waals surface area contributed by atoms with Crippen LogP contribution in [0.1, 0.15) is 34.5 Å². The Morgan fingerprint density at radius 2 is 1.85 bits per heavy atom. The zero-order valence-corrected chi connectivity index (χ0v) is 21.5. The number of benzene rings is 2. The van der Waals surface area contributed by atoms with Crippen molar-refractivity contribution < 1.29 is 13.9 Å². The Morgan fingerprint density at radius 3 is 2.52 bits per heavy atom. The molecule has 9 heteroatoms. The van der Waals surface area contributed by atoms with E-state index in [-0.39, 0.29) is 41.7 Å². The van der Waals surface area contributed by atoms with E-state index < -0.39 is 0 Å². The maximum absolute atomic E-state index is 13.4. The van der Waals surface area contributed by atoms with Gasteiger partial charge in [0.15, 0.2) is 5.96 Å². The molecule has 33 heavy (non-hydrogen) atoms. The molecule has 0 aliphatic carbocycles. The second-order valence-corrected chi connectivity index (χ2v) is 7.58. The van der Waals surface area contributed by atoms with Crippen LogP contribution in [0.5, 0.6) is 0 Å². The average Bonchev–Trinajstić information content (AvgIpc) is 2.83. The van der Waals surface area contributed by atoms with Gasteiger partial charge in [0.2, 0.25) is 0 Å². The van der Waals surface area contributed by atoms with Gasteiger partial charge in [-0.25, -0.2) is 4.39 Å². The molecule has 180 valence electrons. The minimum atomic E-state index is -0.241. The van der Waals surface area contributed by atoms with Crippen LogP contribution in [-0.4, -0.2) is 63.2 Å². The van der Waals surface area contributed by atoms with Crippen molar-refractivity contribution in [3.05, 3.63) is 71.0 Å². The molecule has 1 aliphatic rings. The third-order valence-corrected chi connectivity index (χ3v) is 5.41. The van der Waals surface area contributed by atoms with Gasteiger partial charge in [0.25, 0.3) is 5.91 Å². The predicted octanol–water partition coefficient (Wildman–Crippen LogP) is 2.93. The van der Waals surface area contributed by atoms with E-state index in [9.17, 15) is 9.18 Å². The molecule has 0 spiro atoms. The van der Waals surface area contributed by atoms with Crippen LogP contribution in [0.4, 0.5) is 4.39 Å². The number of amides is 1.